The lowest BCUT2D eigenvalue weighted by Crippen LogP contribution is -1.88. The molecule has 0 heterocycles. The summed E-state index contributed by atoms with van der Waals surface area (Å²) >= 11 is 0. The van der Waals surface area contributed by atoms with Gasteiger partial charge in [-0.1, -0.05) is 29.3 Å². The van der Waals surface area contributed by atoms with Crippen molar-refractivity contribution in [3.05, 3.63) is 63.6 Å². The summed E-state index contributed by atoms with van der Waals surface area (Å²) in [6.45, 7) is 8.00. The Labute approximate surface area is 114 Å². The maximum atomic E-state index is 8.43. The summed E-state index contributed by atoms with van der Waals surface area (Å²) in [6, 6.07) is 11.7. The van der Waals surface area contributed by atoms with Crippen LogP contribution in [0.3, 0.4) is 0 Å². The minimum atomic E-state index is 0.644. The first kappa shape index (κ1) is 14.7. The van der Waals surface area contributed by atoms with Crippen LogP contribution in [0, 0.1) is 33.1 Å². The summed E-state index contributed by atoms with van der Waals surface area (Å²) in [7, 11) is 0. The normalized spacial score (nSPS) is 9.21. The molecular formula is C16H20N3+. The summed E-state index contributed by atoms with van der Waals surface area (Å²) in [5, 5.41) is 8.43. The van der Waals surface area contributed by atoms with Gasteiger partial charge in [-0.3, -0.25) is 0 Å². The van der Waals surface area contributed by atoms with Crippen molar-refractivity contribution in [2.24, 2.45) is 0 Å². The average Bonchev–Trinajstić information content (AvgIpc) is 2.35. The molecule has 2 rings (SSSR count). The molecule has 3 heteroatoms. The van der Waals surface area contributed by atoms with Gasteiger partial charge in [-0.25, -0.2) is 0 Å². The summed E-state index contributed by atoms with van der Waals surface area (Å²) in [6.07, 6.45) is 0. The topological polar surface area (TPSA) is 54.2 Å². The number of nitrogens with two attached hydrogens (primary N) is 1. The van der Waals surface area contributed by atoms with Crippen molar-refractivity contribution in [1.29, 1.82) is 5.39 Å². The zero-order valence-corrected chi connectivity index (χ0v) is 11.9. The zero-order valence-electron chi connectivity index (χ0n) is 11.9. The van der Waals surface area contributed by atoms with Crippen LogP contribution in [0.15, 0.2) is 36.4 Å². The smallest absolute Gasteiger partial charge is 0.387 e. The molecule has 0 radical (unpaired) electrons. The predicted molar refractivity (Wildman–Crippen MR) is 81.0 cm³/mol. The zero-order chi connectivity index (χ0) is 14.4. The van der Waals surface area contributed by atoms with Gasteiger partial charge in [0.05, 0.1) is 0 Å². The maximum absolute atomic E-state index is 8.43. The number of diazo groups is 1. The highest BCUT2D eigenvalue weighted by Crippen LogP contribution is 2.18. The highest BCUT2D eigenvalue weighted by molar-refractivity contribution is 5.52. The molecule has 2 aromatic rings. The van der Waals surface area contributed by atoms with E-state index in [0.29, 0.717) is 5.69 Å². The quantitative estimate of drug-likeness (QED) is 0.548. The molecule has 0 bridgehead atoms. The molecule has 2 N–H and O–H groups in total. The molecule has 98 valence electrons. The molecule has 0 saturated heterocycles. The van der Waals surface area contributed by atoms with Crippen LogP contribution < -0.4 is 5.73 Å². The Morgan fingerprint density at radius 2 is 1.37 bits per heavy atom. The Hall–Kier alpha value is -2.34. The SMILES string of the molecule is Cc1ccc(N)c(C)c1.Cc1ccc([N+]#N)c(C)c1. The van der Waals surface area contributed by atoms with E-state index in [0.717, 1.165) is 16.8 Å². The van der Waals surface area contributed by atoms with E-state index in [-0.39, 0.29) is 0 Å². The van der Waals surface area contributed by atoms with E-state index in [9.17, 15) is 0 Å². The number of hydrogen-bond donors (Lipinski definition) is 1. The highest BCUT2D eigenvalue weighted by Gasteiger charge is 2.07. The van der Waals surface area contributed by atoms with Crippen LogP contribution >= 0.6 is 0 Å². The summed E-state index contributed by atoms with van der Waals surface area (Å²) in [5.41, 5.74) is 11.7. The summed E-state index contributed by atoms with van der Waals surface area (Å²) in [5.74, 6) is 0. The van der Waals surface area contributed by atoms with Gasteiger partial charge >= 0.3 is 5.69 Å². The van der Waals surface area contributed by atoms with Gasteiger partial charge in [-0.2, -0.15) is 0 Å². The molecule has 0 unspecified atom stereocenters. The summed E-state index contributed by atoms with van der Waals surface area (Å²) < 4.78 is 0. The molecule has 2 aromatic carbocycles. The van der Waals surface area contributed by atoms with E-state index in [1.807, 2.05) is 45.0 Å². The number of hydrogen-bond acceptors (Lipinski definition) is 2. The minimum Gasteiger partial charge on any atom is -0.399 e. The van der Waals surface area contributed by atoms with Crippen LogP contribution in [0.25, 0.3) is 4.98 Å². The van der Waals surface area contributed by atoms with E-state index in [2.05, 4.69) is 18.0 Å². The van der Waals surface area contributed by atoms with Crippen LogP contribution in [-0.2, 0) is 0 Å². The van der Waals surface area contributed by atoms with Gasteiger partial charge in [-0.05, 0) is 45.4 Å². The molecule has 0 amide bonds. The molecule has 0 aliphatic carbocycles. The number of nitrogens with zero attached hydrogens (tertiary/aromatic N) is 2. The lowest BCUT2D eigenvalue weighted by Gasteiger charge is -1.98. The van der Waals surface area contributed by atoms with Gasteiger partial charge in [0.15, 0.2) is 4.98 Å². The molecule has 0 saturated carbocycles. The Bertz CT molecular complexity index is 610. The minimum absolute atomic E-state index is 0.644. The first-order valence-electron chi connectivity index (χ1n) is 6.19. The molecule has 0 fully saturated rings. The second-order valence-electron chi connectivity index (χ2n) is 4.75. The third kappa shape index (κ3) is 4.44. The Morgan fingerprint density at radius 3 is 1.79 bits per heavy atom. The van der Waals surface area contributed by atoms with Crippen LogP contribution in [-0.4, -0.2) is 0 Å². The van der Waals surface area contributed by atoms with Crippen molar-refractivity contribution in [2.45, 2.75) is 27.7 Å². The van der Waals surface area contributed by atoms with Crippen LogP contribution in [0.4, 0.5) is 11.4 Å². The molecule has 0 spiro atoms. The van der Waals surface area contributed by atoms with Crippen molar-refractivity contribution in [3.63, 3.8) is 0 Å². The van der Waals surface area contributed by atoms with Crippen molar-refractivity contribution in [1.82, 2.24) is 0 Å². The van der Waals surface area contributed by atoms with Gasteiger partial charge in [0.1, 0.15) is 0 Å². The number of nitrogen functional groups attached to an aromatic ring is 1. The van der Waals surface area contributed by atoms with Crippen molar-refractivity contribution in [3.8, 4) is 0 Å². The average molecular weight is 254 g/mol. The Morgan fingerprint density at radius 1 is 0.842 bits per heavy atom. The van der Waals surface area contributed by atoms with Gasteiger partial charge in [0.2, 0.25) is 5.39 Å². The van der Waals surface area contributed by atoms with Gasteiger partial charge < -0.3 is 5.73 Å². The summed E-state index contributed by atoms with van der Waals surface area (Å²) in [4.78, 5) is 3.11. The number of benzene rings is 2. The molecule has 0 aromatic heterocycles. The van der Waals surface area contributed by atoms with Gasteiger partial charge in [0.25, 0.3) is 0 Å². The van der Waals surface area contributed by atoms with Gasteiger partial charge in [0, 0.05) is 17.3 Å². The highest BCUT2D eigenvalue weighted by atomic mass is 14.8. The molecule has 0 aliphatic rings. The lowest BCUT2D eigenvalue weighted by molar-refractivity contribution is 1.37. The van der Waals surface area contributed by atoms with Gasteiger partial charge in [-0.15, -0.1) is 0 Å². The van der Waals surface area contributed by atoms with E-state index >= 15 is 0 Å². The number of anilines is 1. The van der Waals surface area contributed by atoms with E-state index in [1.54, 1.807) is 6.07 Å². The fourth-order valence-corrected chi connectivity index (χ4v) is 1.74. The van der Waals surface area contributed by atoms with E-state index < -0.39 is 0 Å². The first-order valence-corrected chi connectivity index (χ1v) is 6.19. The maximum Gasteiger partial charge on any atom is 0.387 e. The molecule has 0 atom stereocenters. The third-order valence-electron chi connectivity index (χ3n) is 2.89. The molecule has 3 nitrogen and oxygen atoms in total. The molecule has 0 aliphatic heterocycles. The Kier molecular flexibility index (Phi) is 5.08. The lowest BCUT2D eigenvalue weighted by atomic mass is 10.1. The standard InChI is InChI=1S/C8H9N2.C8H11N/c1-6-3-4-8(10-9)7(2)5-6;1-6-3-4-8(9)7(2)5-6/h3-5H,1-2H3;3-5H,9H2,1-2H3/q+1;. The van der Waals surface area contributed by atoms with E-state index in [1.165, 1.54) is 11.1 Å². The van der Waals surface area contributed by atoms with Crippen LogP contribution in [0.5, 0.6) is 0 Å². The van der Waals surface area contributed by atoms with Crippen molar-refractivity contribution >= 4 is 11.4 Å². The number of rotatable bonds is 0. The van der Waals surface area contributed by atoms with Crippen LogP contribution in [0.2, 0.25) is 0 Å². The fraction of sp³-hybridized carbons (Fsp3) is 0.250. The Balaban J connectivity index is 0.000000191. The van der Waals surface area contributed by atoms with E-state index in [4.69, 9.17) is 11.1 Å². The number of aryl methyl sites for hydroxylation is 4. The molecule has 19 heavy (non-hydrogen) atoms. The van der Waals surface area contributed by atoms with Crippen LogP contribution in [0.1, 0.15) is 22.3 Å². The first-order chi connectivity index (χ1) is 8.93. The van der Waals surface area contributed by atoms with Crippen molar-refractivity contribution < 1.29 is 0 Å². The largest absolute Gasteiger partial charge is 0.399 e. The predicted octanol–water partition coefficient (Wildman–Crippen LogP) is 4.67. The monoisotopic (exact) mass is 254 g/mol. The van der Waals surface area contributed by atoms with Crippen molar-refractivity contribution in [2.75, 3.05) is 5.73 Å². The molecular weight excluding hydrogens is 234 g/mol. The fourth-order valence-electron chi connectivity index (χ4n) is 1.74. The second kappa shape index (κ2) is 6.55. The third-order valence-corrected chi connectivity index (χ3v) is 2.89. The second-order valence-corrected chi connectivity index (χ2v) is 4.75.